The molecule has 8 heteroatoms. The lowest BCUT2D eigenvalue weighted by atomic mass is 10.2. The third kappa shape index (κ3) is 3.98. The first-order chi connectivity index (χ1) is 8.77. The number of benzene rings is 1. The van der Waals surface area contributed by atoms with Crippen molar-refractivity contribution in [2.75, 3.05) is 13.7 Å². The minimum Gasteiger partial charge on any atom is -0.479 e. The number of carboxylic acids is 1. The molecule has 0 aromatic heterocycles. The van der Waals surface area contributed by atoms with E-state index < -0.39 is 34.5 Å². The molecule has 0 spiro atoms. The van der Waals surface area contributed by atoms with Crippen molar-refractivity contribution in [2.24, 2.45) is 0 Å². The fraction of sp³-hybridized carbons (Fsp3) is 0.364. The molecule has 106 valence electrons. The topological polar surface area (TPSA) is 92.7 Å². The van der Waals surface area contributed by atoms with Gasteiger partial charge in [0.05, 0.1) is 4.90 Å². The summed E-state index contributed by atoms with van der Waals surface area (Å²) in [4.78, 5) is 10.6. The molecule has 0 bridgehead atoms. The predicted octanol–water partition coefficient (Wildman–Crippen LogP) is 0.512. The molecule has 1 rings (SSSR count). The number of carbonyl (C=O) groups is 1. The van der Waals surface area contributed by atoms with Crippen molar-refractivity contribution in [3.63, 3.8) is 0 Å². The molecule has 1 aromatic carbocycles. The van der Waals surface area contributed by atoms with E-state index in [1.165, 1.54) is 6.92 Å². The molecular weight excluding hydrogens is 277 g/mol. The number of ether oxygens (including phenoxy) is 1. The second-order valence-electron chi connectivity index (χ2n) is 3.82. The number of methoxy groups -OCH3 is 1. The number of aryl methyl sites for hydroxylation is 1. The summed E-state index contributed by atoms with van der Waals surface area (Å²) in [5.41, 5.74) is 0.233. The Bertz CT molecular complexity index is 572. The second kappa shape index (κ2) is 6.09. The highest BCUT2D eigenvalue weighted by atomic mass is 32.2. The highest BCUT2D eigenvalue weighted by Crippen LogP contribution is 2.15. The maximum Gasteiger partial charge on any atom is 0.334 e. The maximum absolute atomic E-state index is 12.9. The first kappa shape index (κ1) is 15.5. The largest absolute Gasteiger partial charge is 0.479 e. The lowest BCUT2D eigenvalue weighted by Crippen LogP contribution is -2.38. The van der Waals surface area contributed by atoms with Crippen LogP contribution < -0.4 is 4.72 Å². The van der Waals surface area contributed by atoms with Gasteiger partial charge in [-0.3, -0.25) is 0 Å². The Morgan fingerprint density at radius 3 is 2.63 bits per heavy atom. The Labute approximate surface area is 110 Å². The van der Waals surface area contributed by atoms with E-state index in [9.17, 15) is 17.6 Å². The van der Waals surface area contributed by atoms with Crippen LogP contribution in [0.1, 0.15) is 5.56 Å². The molecule has 0 fully saturated rings. The van der Waals surface area contributed by atoms with Gasteiger partial charge in [-0.25, -0.2) is 22.3 Å². The Morgan fingerprint density at radius 2 is 2.16 bits per heavy atom. The average molecular weight is 291 g/mol. The van der Waals surface area contributed by atoms with Crippen molar-refractivity contribution >= 4 is 16.0 Å². The molecule has 0 saturated carbocycles. The Kier molecular flexibility index (Phi) is 4.98. The zero-order chi connectivity index (χ0) is 14.6. The molecule has 0 saturated heterocycles. The van der Waals surface area contributed by atoms with Crippen LogP contribution in [0, 0.1) is 12.7 Å². The van der Waals surface area contributed by atoms with Crippen LogP contribution in [0.15, 0.2) is 23.1 Å². The molecular formula is C11H14FNO5S. The van der Waals surface area contributed by atoms with Gasteiger partial charge in [0.25, 0.3) is 0 Å². The molecule has 0 aliphatic carbocycles. The third-order valence-corrected chi connectivity index (χ3v) is 4.03. The lowest BCUT2D eigenvalue weighted by Gasteiger charge is -2.13. The summed E-state index contributed by atoms with van der Waals surface area (Å²) in [6.45, 7) is 1.04. The van der Waals surface area contributed by atoms with Gasteiger partial charge in [0.15, 0.2) is 6.10 Å². The molecule has 0 radical (unpaired) electrons. The SMILES string of the molecule is COC(CNS(=O)(=O)c1ccc(F)cc1C)C(=O)O. The Morgan fingerprint density at radius 1 is 1.53 bits per heavy atom. The van der Waals surface area contributed by atoms with E-state index in [2.05, 4.69) is 9.46 Å². The molecule has 1 atom stereocenters. The van der Waals surface area contributed by atoms with E-state index in [0.717, 1.165) is 25.3 Å². The van der Waals surface area contributed by atoms with Crippen molar-refractivity contribution < 1.29 is 27.4 Å². The summed E-state index contributed by atoms with van der Waals surface area (Å²) >= 11 is 0. The summed E-state index contributed by atoms with van der Waals surface area (Å²) in [5, 5.41) is 8.72. The quantitative estimate of drug-likeness (QED) is 0.796. The predicted molar refractivity (Wildman–Crippen MR) is 64.8 cm³/mol. The number of carboxylic acid groups (broad SMARTS) is 1. The highest BCUT2D eigenvalue weighted by Gasteiger charge is 2.22. The maximum atomic E-state index is 12.9. The smallest absolute Gasteiger partial charge is 0.334 e. The summed E-state index contributed by atoms with van der Waals surface area (Å²) in [6, 6.07) is 3.22. The van der Waals surface area contributed by atoms with E-state index in [-0.39, 0.29) is 10.5 Å². The molecule has 1 unspecified atom stereocenters. The van der Waals surface area contributed by atoms with E-state index >= 15 is 0 Å². The van der Waals surface area contributed by atoms with Gasteiger partial charge in [0.1, 0.15) is 5.82 Å². The number of rotatable bonds is 6. The first-order valence-electron chi connectivity index (χ1n) is 5.29. The lowest BCUT2D eigenvalue weighted by molar-refractivity contribution is -0.147. The van der Waals surface area contributed by atoms with Crippen LogP contribution >= 0.6 is 0 Å². The van der Waals surface area contributed by atoms with E-state index in [4.69, 9.17) is 5.11 Å². The molecule has 0 aliphatic heterocycles. The van der Waals surface area contributed by atoms with Crippen LogP contribution in [0.25, 0.3) is 0 Å². The number of hydrogen-bond donors (Lipinski definition) is 2. The molecule has 19 heavy (non-hydrogen) atoms. The molecule has 6 nitrogen and oxygen atoms in total. The van der Waals surface area contributed by atoms with Crippen molar-refractivity contribution in [2.45, 2.75) is 17.9 Å². The third-order valence-electron chi connectivity index (χ3n) is 2.45. The number of aliphatic carboxylic acids is 1. The van der Waals surface area contributed by atoms with Gasteiger partial charge in [0, 0.05) is 13.7 Å². The molecule has 0 aliphatic rings. The van der Waals surface area contributed by atoms with Gasteiger partial charge in [-0.1, -0.05) is 0 Å². The van der Waals surface area contributed by atoms with Crippen LogP contribution in [-0.2, 0) is 19.6 Å². The van der Waals surface area contributed by atoms with Gasteiger partial charge in [-0.2, -0.15) is 0 Å². The van der Waals surface area contributed by atoms with Gasteiger partial charge >= 0.3 is 5.97 Å². The van der Waals surface area contributed by atoms with Crippen LogP contribution in [0.5, 0.6) is 0 Å². The molecule has 0 amide bonds. The van der Waals surface area contributed by atoms with Gasteiger partial charge in [-0.05, 0) is 30.7 Å². The number of sulfonamides is 1. The average Bonchev–Trinajstić information content (AvgIpc) is 2.28. The van der Waals surface area contributed by atoms with Crippen LogP contribution in [-0.4, -0.2) is 39.3 Å². The highest BCUT2D eigenvalue weighted by molar-refractivity contribution is 7.89. The fourth-order valence-corrected chi connectivity index (χ4v) is 2.71. The van der Waals surface area contributed by atoms with Crippen LogP contribution in [0.3, 0.4) is 0 Å². The molecule has 2 N–H and O–H groups in total. The summed E-state index contributed by atoms with van der Waals surface area (Å²) in [5.74, 6) is -1.82. The standard InChI is InChI=1S/C11H14FNO5S/c1-7-5-8(12)3-4-10(7)19(16,17)13-6-9(18-2)11(14)15/h3-5,9,13H,6H2,1-2H3,(H,14,15). The fourth-order valence-electron chi connectivity index (χ4n) is 1.45. The van der Waals surface area contributed by atoms with Crippen molar-refractivity contribution in [3.8, 4) is 0 Å². The second-order valence-corrected chi connectivity index (χ2v) is 5.56. The summed E-state index contributed by atoms with van der Waals surface area (Å²) in [7, 11) is -2.74. The minimum absolute atomic E-state index is 0.103. The summed E-state index contributed by atoms with van der Waals surface area (Å²) in [6.07, 6.45) is -1.28. The minimum atomic E-state index is -3.91. The van der Waals surface area contributed by atoms with Gasteiger partial charge < -0.3 is 9.84 Å². The zero-order valence-electron chi connectivity index (χ0n) is 10.4. The van der Waals surface area contributed by atoms with E-state index in [1.807, 2.05) is 0 Å². The van der Waals surface area contributed by atoms with E-state index in [1.54, 1.807) is 0 Å². The van der Waals surface area contributed by atoms with Crippen molar-refractivity contribution in [1.29, 1.82) is 0 Å². The zero-order valence-corrected chi connectivity index (χ0v) is 11.2. The van der Waals surface area contributed by atoms with Gasteiger partial charge in [0.2, 0.25) is 10.0 Å². The van der Waals surface area contributed by atoms with Crippen LogP contribution in [0.4, 0.5) is 4.39 Å². The first-order valence-corrected chi connectivity index (χ1v) is 6.77. The van der Waals surface area contributed by atoms with E-state index in [0.29, 0.717) is 0 Å². The van der Waals surface area contributed by atoms with Gasteiger partial charge in [-0.15, -0.1) is 0 Å². The van der Waals surface area contributed by atoms with Crippen LogP contribution in [0.2, 0.25) is 0 Å². The van der Waals surface area contributed by atoms with Crippen molar-refractivity contribution in [3.05, 3.63) is 29.6 Å². The summed E-state index contributed by atoms with van der Waals surface area (Å²) < 4.78 is 43.5. The normalized spacial score (nSPS) is 13.2. The number of halogens is 1. The Balaban J connectivity index is 2.90. The van der Waals surface area contributed by atoms with Crippen molar-refractivity contribution in [1.82, 2.24) is 4.72 Å². The number of hydrogen-bond acceptors (Lipinski definition) is 4. The number of nitrogens with one attached hydrogen (secondary N) is 1. The monoisotopic (exact) mass is 291 g/mol. The molecule has 1 aromatic rings. The Hall–Kier alpha value is -1.51. The molecule has 0 heterocycles.